The molecule has 0 amide bonds. The molecule has 4 atom stereocenters. The van der Waals surface area contributed by atoms with Crippen molar-refractivity contribution in [2.24, 2.45) is 5.92 Å². The quantitative estimate of drug-likeness (QED) is 0.606. The van der Waals surface area contributed by atoms with Gasteiger partial charge in [-0.3, -0.25) is 0 Å². The first kappa shape index (κ1) is 8.94. The van der Waals surface area contributed by atoms with Gasteiger partial charge in [-0.15, -0.1) is 0 Å². The minimum atomic E-state index is -4.27. The van der Waals surface area contributed by atoms with Crippen LogP contribution < -0.4 is 0 Å². The predicted octanol–water partition coefficient (Wildman–Crippen LogP) is 1.59. The topological polar surface area (TPSA) is 27.7 Å². The first-order valence-electron chi connectivity index (χ1n) is 4.44. The van der Waals surface area contributed by atoms with Gasteiger partial charge in [0.25, 0.3) is 0 Å². The highest BCUT2D eigenvalue weighted by atomic mass is 19.4. The van der Waals surface area contributed by atoms with Crippen molar-refractivity contribution < 1.29 is 27.4 Å². The number of alkyl halides is 3. The molecule has 0 saturated carbocycles. The summed E-state index contributed by atoms with van der Waals surface area (Å²) in [5.41, 5.74) is 0. The molecule has 4 aliphatic rings. The van der Waals surface area contributed by atoms with Crippen LogP contribution >= 0.6 is 0 Å². The summed E-state index contributed by atoms with van der Waals surface area (Å²) in [7, 11) is 0. The van der Waals surface area contributed by atoms with Crippen LogP contribution in [-0.2, 0) is 14.2 Å². The van der Waals surface area contributed by atoms with Crippen molar-refractivity contribution in [3.8, 4) is 0 Å². The highest BCUT2D eigenvalue weighted by molar-refractivity contribution is 5.06. The second-order valence-electron chi connectivity index (χ2n) is 3.71. The van der Waals surface area contributed by atoms with E-state index in [1.54, 1.807) is 0 Å². The second kappa shape index (κ2) is 2.62. The maximum absolute atomic E-state index is 12.6. The van der Waals surface area contributed by atoms with Crippen LogP contribution in [0.4, 0.5) is 13.2 Å². The summed E-state index contributed by atoms with van der Waals surface area (Å²) in [6.07, 6.45) is -5.77. The molecule has 0 N–H and O–H groups in total. The fraction of sp³-hybridized carbons (Fsp3) is 0.875. The zero-order valence-corrected chi connectivity index (χ0v) is 7.08. The van der Waals surface area contributed by atoms with Crippen LogP contribution in [0.5, 0.6) is 0 Å². The van der Waals surface area contributed by atoms with Gasteiger partial charge in [0.1, 0.15) is 12.0 Å². The van der Waals surface area contributed by atoms with Gasteiger partial charge < -0.3 is 14.2 Å². The van der Waals surface area contributed by atoms with E-state index in [2.05, 4.69) is 0 Å². The van der Waals surface area contributed by atoms with E-state index in [4.69, 9.17) is 14.2 Å². The van der Waals surface area contributed by atoms with Gasteiger partial charge in [-0.05, 0) is 0 Å². The van der Waals surface area contributed by atoms with Crippen molar-refractivity contribution >= 4 is 0 Å². The molecule has 6 heteroatoms. The molecule has 4 bridgehead atoms. The van der Waals surface area contributed by atoms with Crippen LogP contribution in [0.1, 0.15) is 12.8 Å². The Hall–Kier alpha value is -0.330. The molecule has 4 heterocycles. The summed E-state index contributed by atoms with van der Waals surface area (Å²) in [5, 5.41) is 0. The Bertz CT molecular complexity index is 225. The standard InChI is InChI=1S/C8H8F3O3/c9-8(10,11)7-3-1-5-13-4(7)2-6(12-3)14-5/h3,5-7H,1-2H2. The second-order valence-corrected chi connectivity index (χ2v) is 3.71. The number of hydrogen-bond acceptors (Lipinski definition) is 3. The van der Waals surface area contributed by atoms with Crippen LogP contribution in [0.2, 0.25) is 0 Å². The van der Waals surface area contributed by atoms with Gasteiger partial charge in [0.2, 0.25) is 0 Å². The van der Waals surface area contributed by atoms with E-state index in [-0.39, 0.29) is 18.9 Å². The number of hydrogen-bond donors (Lipinski definition) is 0. The normalized spacial score (nSPS) is 47.4. The van der Waals surface area contributed by atoms with Gasteiger partial charge in [0.15, 0.2) is 12.6 Å². The molecule has 4 saturated heterocycles. The first-order valence-corrected chi connectivity index (χ1v) is 4.44. The highest BCUT2D eigenvalue weighted by Gasteiger charge is 2.61. The number of halogens is 3. The van der Waals surface area contributed by atoms with Gasteiger partial charge in [-0.25, -0.2) is 0 Å². The maximum atomic E-state index is 12.6. The van der Waals surface area contributed by atoms with Crippen molar-refractivity contribution in [1.82, 2.24) is 0 Å². The van der Waals surface area contributed by atoms with E-state index in [9.17, 15) is 13.2 Å². The van der Waals surface area contributed by atoms with Gasteiger partial charge in [0.05, 0.1) is 6.10 Å². The lowest BCUT2D eigenvalue weighted by Gasteiger charge is -2.52. The molecule has 4 rings (SSSR count). The Balaban J connectivity index is 1.88. The summed E-state index contributed by atoms with van der Waals surface area (Å²) < 4.78 is 53.1. The molecule has 14 heavy (non-hydrogen) atoms. The van der Waals surface area contributed by atoms with Crippen LogP contribution in [0.15, 0.2) is 0 Å². The van der Waals surface area contributed by atoms with E-state index in [0.717, 1.165) is 0 Å². The minimum Gasteiger partial charge on any atom is -0.348 e. The lowest BCUT2D eigenvalue weighted by molar-refractivity contribution is -0.402. The molecule has 4 unspecified atom stereocenters. The average molecular weight is 209 g/mol. The van der Waals surface area contributed by atoms with E-state index in [0.29, 0.717) is 0 Å². The molecule has 4 fully saturated rings. The average Bonchev–Trinajstić information content (AvgIpc) is 1.97. The fourth-order valence-electron chi connectivity index (χ4n) is 2.27. The third kappa shape index (κ3) is 1.17. The fourth-order valence-corrected chi connectivity index (χ4v) is 2.27. The van der Waals surface area contributed by atoms with Gasteiger partial charge in [-0.2, -0.15) is 13.2 Å². The Morgan fingerprint density at radius 2 is 1.93 bits per heavy atom. The van der Waals surface area contributed by atoms with E-state index in [1.807, 2.05) is 0 Å². The van der Waals surface area contributed by atoms with Crippen molar-refractivity contribution in [3.63, 3.8) is 0 Å². The van der Waals surface area contributed by atoms with Crippen LogP contribution in [0, 0.1) is 12.0 Å². The number of ether oxygens (including phenoxy) is 3. The predicted molar refractivity (Wildman–Crippen MR) is 36.6 cm³/mol. The van der Waals surface area contributed by atoms with Crippen LogP contribution in [0.25, 0.3) is 0 Å². The molecule has 0 aliphatic carbocycles. The summed E-state index contributed by atoms with van der Waals surface area (Å²) in [5.74, 6) is -1.56. The Labute approximate surface area is 78.1 Å². The molecular weight excluding hydrogens is 201 g/mol. The minimum absolute atomic E-state index is 0.0845. The summed E-state index contributed by atoms with van der Waals surface area (Å²) in [4.78, 5) is 0. The summed E-state index contributed by atoms with van der Waals surface area (Å²) >= 11 is 0. The lowest BCUT2D eigenvalue weighted by atomic mass is 9.84. The third-order valence-corrected chi connectivity index (χ3v) is 2.78. The SMILES string of the molecule is FC(F)(F)C1[C]2CC3OC(CC1O3)O2. The molecule has 0 spiro atoms. The molecule has 79 valence electrons. The van der Waals surface area contributed by atoms with Gasteiger partial charge in [-0.1, -0.05) is 0 Å². The van der Waals surface area contributed by atoms with Crippen molar-refractivity contribution in [1.29, 1.82) is 0 Å². The van der Waals surface area contributed by atoms with Crippen molar-refractivity contribution in [2.75, 3.05) is 0 Å². The highest BCUT2D eigenvalue weighted by Crippen LogP contribution is 2.52. The van der Waals surface area contributed by atoms with E-state index >= 15 is 0 Å². The Morgan fingerprint density at radius 1 is 1.14 bits per heavy atom. The smallest absolute Gasteiger partial charge is 0.348 e. The zero-order valence-electron chi connectivity index (χ0n) is 7.08. The van der Waals surface area contributed by atoms with Crippen LogP contribution in [-0.4, -0.2) is 24.9 Å². The van der Waals surface area contributed by atoms with E-state index in [1.165, 1.54) is 0 Å². The van der Waals surface area contributed by atoms with Gasteiger partial charge >= 0.3 is 6.18 Å². The van der Waals surface area contributed by atoms with Crippen LogP contribution in [0.3, 0.4) is 0 Å². The van der Waals surface area contributed by atoms with Crippen molar-refractivity contribution in [2.45, 2.75) is 37.7 Å². The van der Waals surface area contributed by atoms with E-state index < -0.39 is 30.8 Å². The summed E-state index contributed by atoms with van der Waals surface area (Å²) in [6.45, 7) is 0. The number of rotatable bonds is 0. The zero-order chi connectivity index (χ0) is 9.92. The molecule has 1 radical (unpaired) electrons. The molecule has 4 aliphatic heterocycles. The Kier molecular flexibility index (Phi) is 1.67. The first-order chi connectivity index (χ1) is 6.54. The maximum Gasteiger partial charge on any atom is 0.397 e. The molecule has 3 nitrogen and oxygen atoms in total. The molecule has 0 aromatic carbocycles. The third-order valence-electron chi connectivity index (χ3n) is 2.78. The Morgan fingerprint density at radius 3 is 2.50 bits per heavy atom. The monoisotopic (exact) mass is 209 g/mol. The largest absolute Gasteiger partial charge is 0.397 e. The molecule has 0 aromatic rings. The summed E-state index contributed by atoms with van der Waals surface area (Å²) in [6, 6.07) is 0. The van der Waals surface area contributed by atoms with Gasteiger partial charge in [0, 0.05) is 12.8 Å². The van der Waals surface area contributed by atoms with Crippen molar-refractivity contribution in [3.05, 3.63) is 6.10 Å². The molecular formula is C8H8F3O3. The lowest BCUT2D eigenvalue weighted by Crippen LogP contribution is -2.59. The molecule has 0 aromatic heterocycles.